The summed E-state index contributed by atoms with van der Waals surface area (Å²) >= 11 is 0. The Bertz CT molecular complexity index is 868. The van der Waals surface area contributed by atoms with Gasteiger partial charge in [0.25, 0.3) is 5.91 Å². The van der Waals surface area contributed by atoms with E-state index >= 15 is 0 Å². The Hall–Kier alpha value is -2.16. The van der Waals surface area contributed by atoms with Crippen molar-refractivity contribution in [3.05, 3.63) is 30.1 Å². The normalized spacial score (nSPS) is 25.2. The van der Waals surface area contributed by atoms with E-state index in [1.807, 2.05) is 6.92 Å². The first kappa shape index (κ1) is 26.1. The lowest BCUT2D eigenvalue weighted by Gasteiger charge is -2.18. The minimum atomic E-state index is -4.50. The van der Waals surface area contributed by atoms with Crippen LogP contribution in [-0.2, 0) is 28.8 Å². The van der Waals surface area contributed by atoms with Crippen LogP contribution in [0.1, 0.15) is 37.2 Å². The Morgan fingerprint density at radius 2 is 1.97 bits per heavy atom. The van der Waals surface area contributed by atoms with Gasteiger partial charge in [-0.2, -0.15) is 8.42 Å². The number of carbonyl (C=O) groups excluding carboxylic acids is 2. The van der Waals surface area contributed by atoms with Crippen LogP contribution in [0.25, 0.3) is 0 Å². The predicted molar refractivity (Wildman–Crippen MR) is 110 cm³/mol. The fourth-order valence-corrected chi connectivity index (χ4v) is 3.67. The molecule has 0 saturated carbocycles. The van der Waals surface area contributed by atoms with Crippen LogP contribution >= 0.6 is 0 Å². The lowest BCUT2D eigenvalue weighted by molar-refractivity contribution is -0.121. The minimum absolute atomic E-state index is 0.0422. The summed E-state index contributed by atoms with van der Waals surface area (Å²) in [5, 5.41) is 20.2. The summed E-state index contributed by atoms with van der Waals surface area (Å²) in [6, 6.07) is 3.72. The van der Waals surface area contributed by atoms with Crippen molar-refractivity contribution in [2.24, 2.45) is 11.7 Å². The molecule has 5 N–H and O–H groups in total. The van der Waals surface area contributed by atoms with Crippen LogP contribution in [-0.4, -0.2) is 79.2 Å². The van der Waals surface area contributed by atoms with Crippen molar-refractivity contribution in [3.8, 4) is 0 Å². The standard InChI is InChI=1S/C19H29N3O9S/c1-3-11(2)15(20)18(25)22-32(27,28)30-10-14-17(24)16(23)13(31-14)7-9-29-19(26)12-6-4-5-8-21-12/h4-6,8,11,13-17,23-24H,3,7,9-10,20H2,1-2H3,(H,22,25). The molecule has 32 heavy (non-hydrogen) atoms. The Balaban J connectivity index is 1.81. The third-order valence-electron chi connectivity index (χ3n) is 5.14. The average molecular weight is 476 g/mol. The number of nitrogens with two attached hydrogens (primary N) is 1. The molecule has 1 aliphatic rings. The third-order valence-corrected chi connectivity index (χ3v) is 6.04. The van der Waals surface area contributed by atoms with Gasteiger partial charge in [-0.15, -0.1) is 0 Å². The van der Waals surface area contributed by atoms with Crippen LogP contribution in [0.5, 0.6) is 0 Å². The Kier molecular flexibility index (Phi) is 9.48. The summed E-state index contributed by atoms with van der Waals surface area (Å²) in [7, 11) is -4.50. The highest BCUT2D eigenvalue weighted by Crippen LogP contribution is 2.24. The molecule has 6 atom stereocenters. The van der Waals surface area contributed by atoms with Gasteiger partial charge in [-0.1, -0.05) is 26.3 Å². The number of rotatable bonds is 11. The Morgan fingerprint density at radius 1 is 1.28 bits per heavy atom. The molecule has 6 unspecified atom stereocenters. The smallest absolute Gasteiger partial charge is 0.362 e. The van der Waals surface area contributed by atoms with Gasteiger partial charge in [0.15, 0.2) is 0 Å². The Morgan fingerprint density at radius 3 is 2.59 bits per heavy atom. The molecule has 0 aromatic carbocycles. The molecular formula is C19H29N3O9S. The molecule has 1 aromatic rings. The number of carbonyl (C=O) groups is 2. The fraction of sp³-hybridized carbons (Fsp3) is 0.632. The van der Waals surface area contributed by atoms with Gasteiger partial charge >= 0.3 is 16.3 Å². The summed E-state index contributed by atoms with van der Waals surface area (Å²) in [5.74, 6) is -1.82. The zero-order valence-electron chi connectivity index (χ0n) is 17.8. The molecule has 12 nitrogen and oxygen atoms in total. The highest BCUT2D eigenvalue weighted by Gasteiger charge is 2.43. The monoisotopic (exact) mass is 475 g/mol. The SMILES string of the molecule is CCC(C)C(N)C(=O)NS(=O)(=O)OCC1OC(CCOC(=O)c2ccccn2)C(O)C1O. The Labute approximate surface area is 186 Å². The van der Waals surface area contributed by atoms with Gasteiger partial charge in [0.1, 0.15) is 24.0 Å². The van der Waals surface area contributed by atoms with E-state index in [0.717, 1.165) is 0 Å². The maximum absolute atomic E-state index is 12.0. The van der Waals surface area contributed by atoms with Crippen LogP contribution in [0.4, 0.5) is 0 Å². The number of nitrogens with zero attached hydrogens (tertiary/aromatic N) is 1. The first-order chi connectivity index (χ1) is 15.1. The molecule has 0 spiro atoms. The third kappa shape index (κ3) is 7.18. The van der Waals surface area contributed by atoms with E-state index < -0.39 is 59.2 Å². The van der Waals surface area contributed by atoms with Gasteiger partial charge in [-0.25, -0.2) is 14.5 Å². The van der Waals surface area contributed by atoms with E-state index in [-0.39, 0.29) is 24.6 Å². The van der Waals surface area contributed by atoms with Crippen molar-refractivity contribution < 1.29 is 41.9 Å². The number of amides is 1. The predicted octanol–water partition coefficient (Wildman–Crippen LogP) is -1.13. The van der Waals surface area contributed by atoms with Crippen LogP contribution in [0.15, 0.2) is 24.4 Å². The van der Waals surface area contributed by atoms with Crippen molar-refractivity contribution in [2.75, 3.05) is 13.2 Å². The molecule has 2 rings (SSSR count). The minimum Gasteiger partial charge on any atom is -0.461 e. The van der Waals surface area contributed by atoms with E-state index in [2.05, 4.69) is 4.98 Å². The van der Waals surface area contributed by atoms with E-state index in [4.69, 9.17) is 19.4 Å². The van der Waals surface area contributed by atoms with Crippen molar-refractivity contribution in [1.82, 2.24) is 9.71 Å². The number of pyridine rings is 1. The quantitative estimate of drug-likeness (QED) is 0.283. The van der Waals surface area contributed by atoms with Gasteiger partial charge < -0.3 is 25.4 Å². The zero-order valence-corrected chi connectivity index (χ0v) is 18.6. The summed E-state index contributed by atoms with van der Waals surface area (Å²) in [6.07, 6.45) is -2.85. The summed E-state index contributed by atoms with van der Waals surface area (Å²) < 4.78 is 40.9. The molecular weight excluding hydrogens is 446 g/mol. The lowest BCUT2D eigenvalue weighted by Crippen LogP contribution is -2.47. The second-order valence-electron chi connectivity index (χ2n) is 7.45. The molecule has 0 bridgehead atoms. The molecule has 2 heterocycles. The van der Waals surface area contributed by atoms with E-state index in [1.54, 1.807) is 23.8 Å². The van der Waals surface area contributed by atoms with Crippen molar-refractivity contribution in [1.29, 1.82) is 0 Å². The van der Waals surface area contributed by atoms with Gasteiger partial charge in [0, 0.05) is 12.6 Å². The molecule has 1 saturated heterocycles. The molecule has 1 fully saturated rings. The number of nitrogens with one attached hydrogen (secondary N) is 1. The van der Waals surface area contributed by atoms with Gasteiger partial charge in [-0.05, 0) is 18.1 Å². The highest BCUT2D eigenvalue weighted by atomic mass is 32.2. The molecule has 13 heteroatoms. The fourth-order valence-electron chi connectivity index (χ4n) is 2.92. The summed E-state index contributed by atoms with van der Waals surface area (Å²) in [4.78, 5) is 27.7. The van der Waals surface area contributed by atoms with Crippen molar-refractivity contribution in [2.45, 2.75) is 57.1 Å². The summed E-state index contributed by atoms with van der Waals surface area (Å²) in [5.41, 5.74) is 5.81. The molecule has 1 amide bonds. The second-order valence-corrected chi connectivity index (χ2v) is 8.80. The summed E-state index contributed by atoms with van der Waals surface area (Å²) in [6.45, 7) is 2.74. The van der Waals surface area contributed by atoms with Crippen LogP contribution in [0.3, 0.4) is 0 Å². The number of aromatic nitrogens is 1. The number of esters is 1. The van der Waals surface area contributed by atoms with Gasteiger partial charge in [0.2, 0.25) is 0 Å². The van der Waals surface area contributed by atoms with Crippen molar-refractivity contribution >= 4 is 22.2 Å². The molecule has 0 aliphatic carbocycles. The van der Waals surface area contributed by atoms with E-state index in [0.29, 0.717) is 6.42 Å². The largest absolute Gasteiger partial charge is 0.461 e. The van der Waals surface area contributed by atoms with Crippen LogP contribution in [0, 0.1) is 5.92 Å². The van der Waals surface area contributed by atoms with Crippen molar-refractivity contribution in [3.63, 3.8) is 0 Å². The average Bonchev–Trinajstić information content (AvgIpc) is 3.04. The molecule has 1 aromatic heterocycles. The van der Waals surface area contributed by atoms with E-state index in [1.165, 1.54) is 12.3 Å². The number of ether oxygens (including phenoxy) is 2. The number of hydrogen-bond acceptors (Lipinski definition) is 11. The van der Waals surface area contributed by atoms with Gasteiger partial charge in [0.05, 0.1) is 25.4 Å². The second kappa shape index (κ2) is 11.6. The molecule has 180 valence electrons. The number of aliphatic hydroxyl groups is 2. The zero-order chi connectivity index (χ0) is 23.9. The maximum Gasteiger partial charge on any atom is 0.362 e. The van der Waals surface area contributed by atoms with Gasteiger partial charge in [-0.3, -0.25) is 8.98 Å². The number of hydrogen-bond donors (Lipinski definition) is 4. The highest BCUT2D eigenvalue weighted by molar-refractivity contribution is 7.85. The molecule has 0 radical (unpaired) electrons. The lowest BCUT2D eigenvalue weighted by atomic mass is 10.00. The van der Waals surface area contributed by atoms with Crippen LogP contribution in [0.2, 0.25) is 0 Å². The van der Waals surface area contributed by atoms with Crippen LogP contribution < -0.4 is 10.5 Å². The van der Waals surface area contributed by atoms with E-state index in [9.17, 15) is 28.2 Å². The maximum atomic E-state index is 12.0. The first-order valence-corrected chi connectivity index (χ1v) is 11.5. The number of aliphatic hydroxyl groups excluding tert-OH is 2. The molecule has 1 aliphatic heterocycles. The first-order valence-electron chi connectivity index (χ1n) is 10.1. The topological polar surface area (TPSA) is 187 Å².